The topological polar surface area (TPSA) is 191 Å². The van der Waals surface area contributed by atoms with Crippen molar-refractivity contribution in [3.05, 3.63) is 46.8 Å². The number of carbonyl (C=O) groups excluding carboxylic acids is 1. The molecule has 0 aromatic carbocycles. The Hall–Kier alpha value is -3.13. The van der Waals surface area contributed by atoms with E-state index < -0.39 is 34.2 Å². The zero-order valence-electron chi connectivity index (χ0n) is 14.1. The van der Waals surface area contributed by atoms with Crippen molar-refractivity contribution in [2.45, 2.75) is 17.7 Å². The van der Waals surface area contributed by atoms with Crippen molar-refractivity contribution in [1.29, 1.82) is 0 Å². The Morgan fingerprint density at radius 1 is 1.36 bits per heavy atom. The Labute approximate surface area is 157 Å². The maximum Gasteiger partial charge on any atom is 0.265 e. The number of nitrogens with one attached hydrogen (secondary N) is 1. The summed E-state index contributed by atoms with van der Waals surface area (Å²) in [5, 5.41) is 25.4. The maximum atomic E-state index is 12.6. The number of hydrogen-bond acceptors (Lipinski definition) is 9. The van der Waals surface area contributed by atoms with E-state index in [1.54, 1.807) is 0 Å². The number of aliphatic hydroxyl groups excluding tert-OH is 2. The SMILES string of the molecule is NS(=O)(=O)c1ccc(NC(=O)c2coc3ncn(CC(O)CO)c(=O)c23)cn1. The van der Waals surface area contributed by atoms with Gasteiger partial charge in [-0.05, 0) is 12.1 Å². The summed E-state index contributed by atoms with van der Waals surface area (Å²) in [5.41, 5.74) is -0.672. The predicted octanol–water partition coefficient (Wildman–Crippen LogP) is -1.36. The van der Waals surface area contributed by atoms with Crippen LogP contribution in [-0.4, -0.2) is 51.8 Å². The Balaban J connectivity index is 1.91. The van der Waals surface area contributed by atoms with E-state index in [2.05, 4.69) is 15.3 Å². The molecule has 1 atom stereocenters. The van der Waals surface area contributed by atoms with Gasteiger partial charge in [0.1, 0.15) is 18.0 Å². The number of aromatic nitrogens is 3. The molecular weight excluding hydrogens is 394 g/mol. The Morgan fingerprint density at radius 3 is 2.71 bits per heavy atom. The molecule has 28 heavy (non-hydrogen) atoms. The van der Waals surface area contributed by atoms with Gasteiger partial charge in [-0.1, -0.05) is 0 Å². The van der Waals surface area contributed by atoms with Crippen molar-refractivity contribution in [2.24, 2.45) is 5.14 Å². The second-order valence-electron chi connectivity index (χ2n) is 5.75. The van der Waals surface area contributed by atoms with Crippen molar-refractivity contribution in [3.63, 3.8) is 0 Å². The molecule has 0 saturated heterocycles. The molecule has 3 rings (SSSR count). The van der Waals surface area contributed by atoms with Crippen LogP contribution in [0.15, 0.2) is 45.2 Å². The first-order valence-corrected chi connectivity index (χ1v) is 9.31. The number of pyridine rings is 1. The zero-order chi connectivity index (χ0) is 20.5. The number of nitrogens with zero attached hydrogens (tertiary/aromatic N) is 3. The van der Waals surface area contributed by atoms with Crippen molar-refractivity contribution < 1.29 is 27.8 Å². The molecule has 13 heteroatoms. The highest BCUT2D eigenvalue weighted by atomic mass is 32.2. The normalized spacial score (nSPS) is 12.8. The van der Waals surface area contributed by atoms with Gasteiger partial charge < -0.3 is 19.9 Å². The number of anilines is 1. The first-order chi connectivity index (χ1) is 13.2. The fourth-order valence-corrected chi connectivity index (χ4v) is 2.83. The van der Waals surface area contributed by atoms with Gasteiger partial charge in [-0.15, -0.1) is 0 Å². The summed E-state index contributed by atoms with van der Waals surface area (Å²) >= 11 is 0. The molecule has 0 saturated carbocycles. The second kappa shape index (κ2) is 7.47. The van der Waals surface area contributed by atoms with E-state index in [0.29, 0.717) is 0 Å². The number of aliphatic hydroxyl groups is 2. The molecule has 0 bridgehead atoms. The van der Waals surface area contributed by atoms with E-state index in [-0.39, 0.29) is 33.9 Å². The third kappa shape index (κ3) is 3.91. The number of hydrogen-bond donors (Lipinski definition) is 4. The highest BCUT2D eigenvalue weighted by molar-refractivity contribution is 7.89. The third-order valence-corrected chi connectivity index (χ3v) is 4.53. The molecule has 0 fully saturated rings. The van der Waals surface area contributed by atoms with E-state index >= 15 is 0 Å². The van der Waals surface area contributed by atoms with E-state index in [0.717, 1.165) is 29.4 Å². The highest BCUT2D eigenvalue weighted by Crippen LogP contribution is 2.18. The molecule has 1 unspecified atom stereocenters. The van der Waals surface area contributed by atoms with Crippen LogP contribution in [0.4, 0.5) is 5.69 Å². The first kappa shape index (κ1) is 19.6. The molecule has 3 aromatic rings. The van der Waals surface area contributed by atoms with Crippen LogP contribution in [0.25, 0.3) is 11.1 Å². The van der Waals surface area contributed by atoms with Crippen LogP contribution in [0.1, 0.15) is 10.4 Å². The molecule has 3 aromatic heterocycles. The van der Waals surface area contributed by atoms with Crippen LogP contribution in [0, 0.1) is 0 Å². The molecule has 1 amide bonds. The lowest BCUT2D eigenvalue weighted by Gasteiger charge is -2.09. The summed E-state index contributed by atoms with van der Waals surface area (Å²) < 4.78 is 28.6. The molecule has 0 aliphatic carbocycles. The smallest absolute Gasteiger partial charge is 0.265 e. The van der Waals surface area contributed by atoms with Gasteiger partial charge in [-0.3, -0.25) is 14.2 Å². The molecule has 12 nitrogen and oxygen atoms in total. The van der Waals surface area contributed by atoms with Crippen molar-refractivity contribution in [3.8, 4) is 0 Å². The first-order valence-electron chi connectivity index (χ1n) is 7.76. The number of fused-ring (bicyclic) bond motifs is 1. The van der Waals surface area contributed by atoms with Gasteiger partial charge in [0.05, 0.1) is 36.7 Å². The van der Waals surface area contributed by atoms with Crippen LogP contribution in [0.2, 0.25) is 0 Å². The summed E-state index contributed by atoms with van der Waals surface area (Å²) in [5.74, 6) is -0.719. The maximum absolute atomic E-state index is 12.6. The number of amides is 1. The largest absolute Gasteiger partial charge is 0.445 e. The summed E-state index contributed by atoms with van der Waals surface area (Å²) in [6.07, 6.45) is 2.09. The quantitative estimate of drug-likeness (QED) is 0.380. The fraction of sp³-hybridized carbons (Fsp3) is 0.200. The Bertz CT molecular complexity index is 1180. The average Bonchev–Trinajstić information content (AvgIpc) is 3.08. The zero-order valence-corrected chi connectivity index (χ0v) is 15.0. The summed E-state index contributed by atoms with van der Waals surface area (Å²) in [4.78, 5) is 32.6. The van der Waals surface area contributed by atoms with Crippen molar-refractivity contribution >= 4 is 32.7 Å². The lowest BCUT2D eigenvalue weighted by atomic mass is 10.2. The molecule has 0 spiro atoms. The fourth-order valence-electron chi connectivity index (χ4n) is 2.37. The van der Waals surface area contributed by atoms with E-state index in [1.165, 1.54) is 6.07 Å². The van der Waals surface area contributed by atoms with Gasteiger partial charge in [0.15, 0.2) is 5.03 Å². The van der Waals surface area contributed by atoms with Gasteiger partial charge in [0.2, 0.25) is 5.71 Å². The van der Waals surface area contributed by atoms with E-state index in [9.17, 15) is 23.1 Å². The summed E-state index contributed by atoms with van der Waals surface area (Å²) in [6.45, 7) is -0.770. The van der Waals surface area contributed by atoms with Crippen LogP contribution >= 0.6 is 0 Å². The number of furan rings is 1. The van der Waals surface area contributed by atoms with E-state index in [4.69, 9.17) is 14.7 Å². The average molecular weight is 409 g/mol. The molecular formula is C15H15N5O7S. The molecule has 0 aliphatic rings. The van der Waals surface area contributed by atoms with Crippen molar-refractivity contribution in [2.75, 3.05) is 11.9 Å². The number of rotatable bonds is 6. The number of nitrogens with two attached hydrogens (primary N) is 1. The van der Waals surface area contributed by atoms with Crippen LogP contribution in [0.3, 0.4) is 0 Å². The van der Waals surface area contributed by atoms with Gasteiger partial charge in [0, 0.05) is 0 Å². The standard InChI is InChI=1S/C15H15N5O7S/c16-28(25,26)11-2-1-8(3-17-11)19-13(23)10-6-27-14-12(10)15(24)20(7-18-14)4-9(22)5-21/h1-3,6-7,9,21-22H,4-5H2,(H,19,23)(H2,16,25,26). The van der Waals surface area contributed by atoms with Crippen LogP contribution in [0.5, 0.6) is 0 Å². The number of carbonyl (C=O) groups is 1. The highest BCUT2D eigenvalue weighted by Gasteiger charge is 2.20. The molecule has 3 heterocycles. The minimum atomic E-state index is -3.97. The lowest BCUT2D eigenvalue weighted by Crippen LogP contribution is -2.29. The monoisotopic (exact) mass is 409 g/mol. The molecule has 0 radical (unpaired) electrons. The second-order valence-corrected chi connectivity index (χ2v) is 7.26. The van der Waals surface area contributed by atoms with Gasteiger partial charge in [-0.25, -0.2) is 23.5 Å². The Morgan fingerprint density at radius 2 is 2.11 bits per heavy atom. The molecule has 148 valence electrons. The third-order valence-electron chi connectivity index (χ3n) is 3.71. The Kier molecular flexibility index (Phi) is 5.24. The summed E-state index contributed by atoms with van der Waals surface area (Å²) in [6, 6.07) is 2.39. The lowest BCUT2D eigenvalue weighted by molar-refractivity contribution is 0.0802. The van der Waals surface area contributed by atoms with E-state index in [1.807, 2.05) is 0 Å². The van der Waals surface area contributed by atoms with Gasteiger partial charge >= 0.3 is 0 Å². The molecule has 0 aliphatic heterocycles. The van der Waals surface area contributed by atoms with Crippen LogP contribution in [-0.2, 0) is 16.6 Å². The minimum Gasteiger partial charge on any atom is -0.445 e. The predicted molar refractivity (Wildman–Crippen MR) is 94.9 cm³/mol. The van der Waals surface area contributed by atoms with Crippen molar-refractivity contribution in [1.82, 2.24) is 14.5 Å². The minimum absolute atomic E-state index is 0.0763. The van der Waals surface area contributed by atoms with Crippen LogP contribution < -0.4 is 16.0 Å². The molecule has 5 N–H and O–H groups in total. The summed E-state index contributed by atoms with van der Waals surface area (Å²) in [7, 11) is -3.97. The van der Waals surface area contributed by atoms with Gasteiger partial charge in [-0.2, -0.15) is 0 Å². The van der Waals surface area contributed by atoms with Gasteiger partial charge in [0.25, 0.3) is 21.5 Å². The number of sulfonamides is 1. The number of primary sulfonamides is 1.